The predicted octanol–water partition coefficient (Wildman–Crippen LogP) is 0.713. The summed E-state index contributed by atoms with van der Waals surface area (Å²) in [6, 6.07) is 0.387. The van der Waals surface area contributed by atoms with Crippen molar-refractivity contribution in [1.29, 1.82) is 0 Å². The third kappa shape index (κ3) is 0.771. The standard InChI is InChI=1S/C9H13N3/c10-7-4-6(7)9-5-2-1-3-8(5)11-12-9/h6-7H,1-4,10H2,(H,11,12). The fourth-order valence-electron chi connectivity index (χ4n) is 2.18. The van der Waals surface area contributed by atoms with Crippen LogP contribution in [0.2, 0.25) is 0 Å². The first-order chi connectivity index (χ1) is 5.86. The molecule has 0 spiro atoms. The van der Waals surface area contributed by atoms with E-state index in [2.05, 4.69) is 10.2 Å². The topological polar surface area (TPSA) is 54.7 Å². The first kappa shape index (κ1) is 6.66. The quantitative estimate of drug-likeness (QED) is 0.640. The van der Waals surface area contributed by atoms with Crippen LogP contribution >= 0.6 is 0 Å². The Kier molecular flexibility index (Phi) is 1.17. The van der Waals surface area contributed by atoms with Crippen molar-refractivity contribution in [1.82, 2.24) is 10.2 Å². The summed E-state index contributed by atoms with van der Waals surface area (Å²) in [7, 11) is 0. The van der Waals surface area contributed by atoms with Crippen LogP contribution < -0.4 is 5.73 Å². The lowest BCUT2D eigenvalue weighted by Gasteiger charge is -1.94. The molecule has 2 aliphatic carbocycles. The predicted molar refractivity (Wildman–Crippen MR) is 45.9 cm³/mol. The summed E-state index contributed by atoms with van der Waals surface area (Å²) in [6.07, 6.45) is 4.82. The molecular formula is C9H13N3. The number of hydrogen-bond donors (Lipinski definition) is 2. The summed E-state index contributed by atoms with van der Waals surface area (Å²) in [4.78, 5) is 0. The molecule has 2 aliphatic rings. The lowest BCUT2D eigenvalue weighted by Crippen LogP contribution is -2.02. The fourth-order valence-corrected chi connectivity index (χ4v) is 2.18. The first-order valence-corrected chi connectivity index (χ1v) is 4.68. The van der Waals surface area contributed by atoms with E-state index < -0.39 is 0 Å². The third-order valence-electron chi connectivity index (χ3n) is 3.03. The van der Waals surface area contributed by atoms with E-state index in [0.717, 1.165) is 6.42 Å². The number of H-pyrrole nitrogens is 1. The van der Waals surface area contributed by atoms with Crippen LogP contribution in [0.5, 0.6) is 0 Å². The van der Waals surface area contributed by atoms with Gasteiger partial charge in [-0.3, -0.25) is 5.10 Å². The van der Waals surface area contributed by atoms with Gasteiger partial charge in [0.15, 0.2) is 0 Å². The van der Waals surface area contributed by atoms with E-state index in [4.69, 9.17) is 5.73 Å². The van der Waals surface area contributed by atoms with Gasteiger partial charge in [-0.25, -0.2) is 0 Å². The van der Waals surface area contributed by atoms with Gasteiger partial charge in [-0.05, 0) is 31.2 Å². The van der Waals surface area contributed by atoms with Crippen molar-refractivity contribution >= 4 is 0 Å². The first-order valence-electron chi connectivity index (χ1n) is 4.68. The van der Waals surface area contributed by atoms with Gasteiger partial charge in [0.1, 0.15) is 0 Å². The summed E-state index contributed by atoms with van der Waals surface area (Å²) in [5.74, 6) is 0.572. The van der Waals surface area contributed by atoms with E-state index in [1.807, 2.05) is 0 Å². The number of nitrogens with two attached hydrogens (primary N) is 1. The maximum absolute atomic E-state index is 5.80. The minimum atomic E-state index is 0.387. The highest BCUT2D eigenvalue weighted by molar-refractivity contribution is 5.35. The van der Waals surface area contributed by atoms with Crippen molar-refractivity contribution in [3.8, 4) is 0 Å². The Balaban J connectivity index is 2.00. The average Bonchev–Trinajstić information content (AvgIpc) is 2.50. The minimum absolute atomic E-state index is 0.387. The number of aryl methyl sites for hydroxylation is 1. The van der Waals surface area contributed by atoms with Crippen molar-refractivity contribution in [3.63, 3.8) is 0 Å². The highest BCUT2D eigenvalue weighted by Gasteiger charge is 2.39. The number of hydrogen-bond acceptors (Lipinski definition) is 2. The molecule has 3 rings (SSSR count). The highest BCUT2D eigenvalue weighted by Crippen LogP contribution is 2.41. The van der Waals surface area contributed by atoms with Gasteiger partial charge in [-0.2, -0.15) is 5.10 Å². The molecule has 0 bridgehead atoms. The average molecular weight is 163 g/mol. The van der Waals surface area contributed by atoms with Gasteiger partial charge in [0.05, 0.1) is 5.69 Å². The Bertz CT molecular complexity index is 316. The Hall–Kier alpha value is -0.830. The van der Waals surface area contributed by atoms with Crippen LogP contribution in [-0.4, -0.2) is 16.2 Å². The Morgan fingerprint density at radius 2 is 2.25 bits per heavy atom. The summed E-state index contributed by atoms with van der Waals surface area (Å²) in [5, 5.41) is 7.47. The van der Waals surface area contributed by atoms with E-state index in [-0.39, 0.29) is 0 Å². The monoisotopic (exact) mass is 163 g/mol. The smallest absolute Gasteiger partial charge is 0.0703 e. The number of nitrogens with one attached hydrogen (secondary N) is 1. The largest absolute Gasteiger partial charge is 0.327 e. The molecule has 0 aliphatic heterocycles. The molecule has 3 N–H and O–H groups in total. The summed E-state index contributed by atoms with van der Waals surface area (Å²) >= 11 is 0. The van der Waals surface area contributed by atoms with E-state index >= 15 is 0 Å². The summed E-state index contributed by atoms with van der Waals surface area (Å²) in [6.45, 7) is 0. The second-order valence-electron chi connectivity index (χ2n) is 3.93. The molecule has 0 aromatic carbocycles. The third-order valence-corrected chi connectivity index (χ3v) is 3.03. The van der Waals surface area contributed by atoms with Crippen LogP contribution in [0.25, 0.3) is 0 Å². The molecule has 64 valence electrons. The minimum Gasteiger partial charge on any atom is -0.327 e. The van der Waals surface area contributed by atoms with Crippen LogP contribution in [0.4, 0.5) is 0 Å². The van der Waals surface area contributed by atoms with Crippen molar-refractivity contribution in [2.45, 2.75) is 37.6 Å². The Morgan fingerprint density at radius 1 is 1.42 bits per heavy atom. The zero-order chi connectivity index (χ0) is 8.13. The van der Waals surface area contributed by atoms with Crippen LogP contribution in [0.3, 0.4) is 0 Å². The zero-order valence-corrected chi connectivity index (χ0v) is 7.01. The molecule has 1 saturated carbocycles. The number of aromatic amines is 1. The van der Waals surface area contributed by atoms with Gasteiger partial charge in [0.2, 0.25) is 0 Å². The summed E-state index contributed by atoms with van der Waals surface area (Å²) < 4.78 is 0. The molecule has 0 saturated heterocycles. The van der Waals surface area contributed by atoms with E-state index in [0.29, 0.717) is 12.0 Å². The van der Waals surface area contributed by atoms with E-state index in [1.165, 1.54) is 36.2 Å². The molecule has 0 radical (unpaired) electrons. The number of aromatic nitrogens is 2. The second kappa shape index (κ2) is 2.10. The molecule has 1 heterocycles. The number of fused-ring (bicyclic) bond motifs is 1. The molecule has 1 aromatic rings. The van der Waals surface area contributed by atoms with Crippen LogP contribution in [0, 0.1) is 0 Å². The van der Waals surface area contributed by atoms with Gasteiger partial charge in [0, 0.05) is 17.7 Å². The molecule has 1 aromatic heterocycles. The van der Waals surface area contributed by atoms with Crippen molar-refractivity contribution in [2.24, 2.45) is 5.73 Å². The molecule has 1 fully saturated rings. The lowest BCUT2D eigenvalue weighted by atomic mass is 10.1. The van der Waals surface area contributed by atoms with Crippen LogP contribution in [-0.2, 0) is 12.8 Å². The maximum Gasteiger partial charge on any atom is 0.0703 e. The van der Waals surface area contributed by atoms with Crippen LogP contribution in [0.15, 0.2) is 0 Å². The molecule has 0 amide bonds. The van der Waals surface area contributed by atoms with Crippen molar-refractivity contribution in [3.05, 3.63) is 17.0 Å². The van der Waals surface area contributed by atoms with E-state index in [9.17, 15) is 0 Å². The fraction of sp³-hybridized carbons (Fsp3) is 0.667. The number of rotatable bonds is 1. The molecule has 2 unspecified atom stereocenters. The molecule has 12 heavy (non-hydrogen) atoms. The van der Waals surface area contributed by atoms with Gasteiger partial charge in [-0.15, -0.1) is 0 Å². The van der Waals surface area contributed by atoms with E-state index in [1.54, 1.807) is 0 Å². The SMILES string of the molecule is NC1CC1c1n[nH]c2c1CCC2. The highest BCUT2D eigenvalue weighted by atomic mass is 15.1. The Labute approximate surface area is 71.3 Å². The van der Waals surface area contributed by atoms with Crippen LogP contribution in [0.1, 0.15) is 35.7 Å². The normalized spacial score (nSPS) is 32.1. The van der Waals surface area contributed by atoms with Gasteiger partial charge >= 0.3 is 0 Å². The van der Waals surface area contributed by atoms with Crippen molar-refractivity contribution < 1.29 is 0 Å². The van der Waals surface area contributed by atoms with Crippen molar-refractivity contribution in [2.75, 3.05) is 0 Å². The molecular weight excluding hydrogens is 150 g/mol. The maximum atomic E-state index is 5.80. The lowest BCUT2D eigenvalue weighted by molar-refractivity contribution is 0.828. The number of nitrogens with zero attached hydrogens (tertiary/aromatic N) is 1. The Morgan fingerprint density at radius 3 is 3.00 bits per heavy atom. The molecule has 2 atom stereocenters. The second-order valence-corrected chi connectivity index (χ2v) is 3.93. The molecule has 3 heteroatoms. The molecule has 3 nitrogen and oxygen atoms in total. The van der Waals surface area contributed by atoms with Gasteiger partial charge < -0.3 is 5.73 Å². The van der Waals surface area contributed by atoms with Gasteiger partial charge in [-0.1, -0.05) is 0 Å². The van der Waals surface area contributed by atoms with Gasteiger partial charge in [0.25, 0.3) is 0 Å². The zero-order valence-electron chi connectivity index (χ0n) is 7.01. The summed E-state index contributed by atoms with van der Waals surface area (Å²) in [5.41, 5.74) is 9.92.